The van der Waals surface area contributed by atoms with Crippen LogP contribution >= 0.6 is 0 Å². The van der Waals surface area contributed by atoms with Crippen LogP contribution in [0.15, 0.2) is 113 Å². The van der Waals surface area contributed by atoms with Crippen LogP contribution in [0.1, 0.15) is 32.4 Å². The summed E-state index contributed by atoms with van der Waals surface area (Å²) >= 11 is 0. The summed E-state index contributed by atoms with van der Waals surface area (Å²) in [5.74, 6) is -1.09. The lowest BCUT2D eigenvalue weighted by molar-refractivity contribution is -0.387. The van der Waals surface area contributed by atoms with E-state index < -0.39 is 48.1 Å². The molecule has 192 valence electrons. The Morgan fingerprint density at radius 3 is 2.00 bits per heavy atom. The molecule has 0 heterocycles. The van der Waals surface area contributed by atoms with Crippen LogP contribution in [0.3, 0.4) is 0 Å². The predicted octanol–water partition coefficient (Wildman–Crippen LogP) is 5.22. The Hall–Kier alpha value is -4.83. The molecular formula is C28H21NO8S. The van der Waals surface area contributed by atoms with Crippen LogP contribution in [-0.4, -0.2) is 32.2 Å². The third-order valence-corrected chi connectivity index (χ3v) is 7.55. The predicted molar refractivity (Wildman–Crippen MR) is 137 cm³/mol. The first-order chi connectivity index (χ1) is 18.2. The van der Waals surface area contributed by atoms with Crippen LogP contribution in [0.25, 0.3) is 0 Å². The molecule has 0 aromatic heterocycles. The van der Waals surface area contributed by atoms with Gasteiger partial charge in [0.15, 0.2) is 6.10 Å². The Morgan fingerprint density at radius 2 is 1.37 bits per heavy atom. The van der Waals surface area contributed by atoms with E-state index in [1.165, 1.54) is 49.6 Å². The Balaban J connectivity index is 1.75. The van der Waals surface area contributed by atoms with Gasteiger partial charge in [0.1, 0.15) is 10.6 Å². The maximum Gasteiger partial charge on any atom is 0.340 e. The summed E-state index contributed by atoms with van der Waals surface area (Å²) in [5, 5.41) is 11.5. The molecule has 4 aromatic carbocycles. The summed E-state index contributed by atoms with van der Waals surface area (Å²) in [5.41, 5.74) is -0.379. The highest BCUT2D eigenvalue weighted by molar-refractivity contribution is 7.91. The minimum absolute atomic E-state index is 0.244. The summed E-state index contributed by atoms with van der Waals surface area (Å²) in [6.45, 7) is 0. The van der Waals surface area contributed by atoms with Gasteiger partial charge in [-0.2, -0.15) is 0 Å². The van der Waals surface area contributed by atoms with Gasteiger partial charge in [0, 0.05) is 17.2 Å². The fourth-order valence-electron chi connectivity index (χ4n) is 3.80. The van der Waals surface area contributed by atoms with Crippen LogP contribution in [0, 0.1) is 10.1 Å². The monoisotopic (exact) mass is 531 g/mol. The first-order valence-electron chi connectivity index (χ1n) is 11.3. The molecule has 0 fully saturated rings. The lowest BCUT2D eigenvalue weighted by atomic mass is 9.99. The van der Waals surface area contributed by atoms with Crippen LogP contribution < -0.4 is 4.74 Å². The molecule has 0 aliphatic heterocycles. The van der Waals surface area contributed by atoms with Gasteiger partial charge in [0.25, 0.3) is 5.69 Å². The maximum atomic E-state index is 13.5. The largest absolute Gasteiger partial charge is 0.497 e. The number of carbonyl (C=O) groups is 2. The third-order valence-electron chi connectivity index (χ3n) is 5.69. The number of nitro groups is 1. The molecule has 0 N–H and O–H groups in total. The second-order valence-corrected chi connectivity index (χ2v) is 9.90. The molecule has 0 unspecified atom stereocenters. The van der Waals surface area contributed by atoms with E-state index in [2.05, 4.69) is 0 Å². The van der Waals surface area contributed by atoms with Crippen molar-refractivity contribution >= 4 is 27.3 Å². The smallest absolute Gasteiger partial charge is 0.340 e. The summed E-state index contributed by atoms with van der Waals surface area (Å²) in [4.78, 5) is 36.4. The number of carbonyl (C=O) groups excluding carboxylic acids is 2. The normalized spacial score (nSPS) is 11.8. The molecule has 0 saturated heterocycles. The first-order valence-corrected chi connectivity index (χ1v) is 12.7. The topological polar surface area (TPSA) is 130 Å². The Labute approximate surface area is 218 Å². The number of esters is 1. The number of nitrogens with zero attached hydrogens (tertiary/aromatic N) is 1. The van der Waals surface area contributed by atoms with Crippen molar-refractivity contribution in [1.82, 2.24) is 0 Å². The van der Waals surface area contributed by atoms with Gasteiger partial charge in [0.2, 0.25) is 15.6 Å². The zero-order chi connectivity index (χ0) is 27.3. The van der Waals surface area contributed by atoms with Crippen molar-refractivity contribution in [2.75, 3.05) is 7.11 Å². The number of rotatable bonds is 9. The Morgan fingerprint density at radius 1 is 0.789 bits per heavy atom. The van der Waals surface area contributed by atoms with Gasteiger partial charge in [-0.3, -0.25) is 14.9 Å². The number of ketones is 1. The fraction of sp³-hybridized carbons (Fsp3) is 0.0714. The van der Waals surface area contributed by atoms with E-state index in [4.69, 9.17) is 9.47 Å². The van der Waals surface area contributed by atoms with Crippen molar-refractivity contribution in [3.63, 3.8) is 0 Å². The van der Waals surface area contributed by atoms with E-state index in [1.54, 1.807) is 42.5 Å². The maximum absolute atomic E-state index is 13.5. The highest BCUT2D eigenvalue weighted by Crippen LogP contribution is 2.32. The molecule has 0 aliphatic carbocycles. The van der Waals surface area contributed by atoms with Crippen LogP contribution in [-0.2, 0) is 14.6 Å². The minimum atomic E-state index is -4.51. The van der Waals surface area contributed by atoms with Gasteiger partial charge in [-0.25, -0.2) is 13.2 Å². The lowest BCUT2D eigenvalue weighted by Crippen LogP contribution is -2.22. The van der Waals surface area contributed by atoms with E-state index in [1.807, 2.05) is 0 Å². The number of hydrogen-bond donors (Lipinski definition) is 0. The molecule has 0 saturated carbocycles. The van der Waals surface area contributed by atoms with Gasteiger partial charge < -0.3 is 9.47 Å². The quantitative estimate of drug-likeness (QED) is 0.124. The number of hydrogen-bond acceptors (Lipinski definition) is 8. The molecule has 9 nitrogen and oxygen atoms in total. The van der Waals surface area contributed by atoms with E-state index in [0.717, 1.165) is 18.2 Å². The minimum Gasteiger partial charge on any atom is -0.497 e. The van der Waals surface area contributed by atoms with Gasteiger partial charge in [-0.1, -0.05) is 54.6 Å². The first kappa shape index (κ1) is 26.2. The Bertz CT molecular complexity index is 1600. The number of para-hydroxylation sites is 1. The number of Topliss-reactive ketones (excluding diaryl/α,β-unsaturated/α-hetero) is 1. The van der Waals surface area contributed by atoms with Gasteiger partial charge in [-0.15, -0.1) is 0 Å². The van der Waals surface area contributed by atoms with Crippen LogP contribution in [0.5, 0.6) is 5.75 Å². The molecule has 10 heteroatoms. The van der Waals surface area contributed by atoms with E-state index in [0.29, 0.717) is 11.3 Å². The number of sulfone groups is 1. The molecule has 4 rings (SSSR count). The highest BCUT2D eigenvalue weighted by atomic mass is 32.2. The zero-order valence-corrected chi connectivity index (χ0v) is 20.8. The van der Waals surface area contributed by atoms with Crippen molar-refractivity contribution in [1.29, 1.82) is 0 Å². The molecule has 0 amide bonds. The second kappa shape index (κ2) is 11.1. The standard InChI is InChI=1S/C28H21NO8S/c1-36-21-17-15-19(16-18-21)26(30)27(20-9-3-2-4-10-20)37-28(31)22-11-5-7-13-24(22)38(34,35)25-14-8-6-12-23(25)29(32)33/h2-18,27H,1H3/t27-/m1/s1. The van der Waals surface area contributed by atoms with Crippen molar-refractivity contribution in [3.05, 3.63) is 130 Å². The van der Waals surface area contributed by atoms with Gasteiger partial charge >= 0.3 is 5.97 Å². The summed E-state index contributed by atoms with van der Waals surface area (Å²) in [7, 11) is -3.03. The molecule has 1 atom stereocenters. The van der Waals surface area contributed by atoms with Gasteiger partial charge in [0.05, 0.1) is 22.5 Å². The van der Waals surface area contributed by atoms with Crippen molar-refractivity contribution in [3.8, 4) is 5.75 Å². The molecule has 0 radical (unpaired) electrons. The Kier molecular flexibility index (Phi) is 7.63. The molecule has 4 aromatic rings. The van der Waals surface area contributed by atoms with Crippen molar-refractivity contribution in [2.45, 2.75) is 15.9 Å². The van der Waals surface area contributed by atoms with E-state index >= 15 is 0 Å². The number of methoxy groups -OCH3 is 1. The molecular weight excluding hydrogens is 510 g/mol. The van der Waals surface area contributed by atoms with E-state index in [-0.39, 0.29) is 11.1 Å². The zero-order valence-electron chi connectivity index (χ0n) is 20.0. The summed E-state index contributed by atoms with van der Waals surface area (Å²) < 4.78 is 37.7. The second-order valence-electron chi connectivity index (χ2n) is 8.01. The van der Waals surface area contributed by atoms with Crippen molar-refractivity contribution in [2.24, 2.45) is 0 Å². The highest BCUT2D eigenvalue weighted by Gasteiger charge is 2.33. The van der Waals surface area contributed by atoms with Gasteiger partial charge in [-0.05, 0) is 42.5 Å². The summed E-state index contributed by atoms with van der Waals surface area (Å²) in [6.07, 6.45) is -1.39. The summed E-state index contributed by atoms with van der Waals surface area (Å²) in [6, 6.07) is 24.6. The average molecular weight is 532 g/mol. The number of benzene rings is 4. The fourth-order valence-corrected chi connectivity index (χ4v) is 5.41. The molecule has 38 heavy (non-hydrogen) atoms. The van der Waals surface area contributed by atoms with E-state index in [9.17, 15) is 28.1 Å². The molecule has 0 spiro atoms. The van der Waals surface area contributed by atoms with Crippen molar-refractivity contribution < 1.29 is 32.4 Å². The molecule has 0 bridgehead atoms. The SMILES string of the molecule is COc1ccc(C(=O)[C@H](OC(=O)c2ccccc2S(=O)(=O)c2ccccc2[N+](=O)[O-])c2ccccc2)cc1. The number of nitro benzene ring substituents is 1. The average Bonchev–Trinajstić information content (AvgIpc) is 2.96. The van der Waals surface area contributed by atoms with Crippen LogP contribution in [0.2, 0.25) is 0 Å². The number of ether oxygens (including phenoxy) is 2. The van der Waals surface area contributed by atoms with Crippen LogP contribution in [0.4, 0.5) is 5.69 Å². The third kappa shape index (κ3) is 5.30. The lowest BCUT2D eigenvalue weighted by Gasteiger charge is -2.19. The molecule has 0 aliphatic rings.